The molecule has 0 heterocycles. The number of unbranched alkanes of at least 4 members (excludes halogenated alkanes) is 2. The molecule has 3 nitrogen and oxygen atoms in total. The summed E-state index contributed by atoms with van der Waals surface area (Å²) in [5, 5.41) is -0.933. The van der Waals surface area contributed by atoms with Crippen LogP contribution >= 0.6 is 7.60 Å². The van der Waals surface area contributed by atoms with Crippen LogP contribution in [-0.2, 0) is 4.57 Å². The Morgan fingerprint density at radius 1 is 1.12 bits per heavy atom. The van der Waals surface area contributed by atoms with Crippen LogP contribution in [0.4, 0.5) is 0 Å². The fourth-order valence-corrected chi connectivity index (χ4v) is 3.47. The van der Waals surface area contributed by atoms with Crippen molar-refractivity contribution < 1.29 is 14.4 Å². The Bertz CT molecular complexity index is 279. The van der Waals surface area contributed by atoms with Crippen LogP contribution < -0.4 is 0 Å². The number of hydrogen-bond acceptors (Lipinski definition) is 1. The van der Waals surface area contributed by atoms with Crippen molar-refractivity contribution in [3.8, 4) is 0 Å². The van der Waals surface area contributed by atoms with Crippen molar-refractivity contribution in [1.29, 1.82) is 0 Å². The standard InChI is InChI=1S/C13H27O3P/c1-5-7-9-13(10-8-6-2,11-12(3)4)17(14,15)16/h11H,5-10H2,1-4H3,(H2,14,15,16). The molecule has 0 aliphatic carbocycles. The summed E-state index contributed by atoms with van der Waals surface area (Å²) in [5.74, 6) is 0. The summed E-state index contributed by atoms with van der Waals surface area (Å²) < 4.78 is 11.9. The summed E-state index contributed by atoms with van der Waals surface area (Å²) in [6.45, 7) is 7.91. The van der Waals surface area contributed by atoms with Gasteiger partial charge in [-0.1, -0.05) is 51.2 Å². The average Bonchev–Trinajstić information content (AvgIpc) is 2.19. The molecule has 0 spiro atoms. The lowest BCUT2D eigenvalue weighted by atomic mass is 9.93. The first-order chi connectivity index (χ1) is 7.79. The summed E-state index contributed by atoms with van der Waals surface area (Å²) in [5.41, 5.74) is 0.987. The van der Waals surface area contributed by atoms with E-state index in [-0.39, 0.29) is 0 Å². The van der Waals surface area contributed by atoms with Crippen molar-refractivity contribution >= 4 is 7.60 Å². The highest BCUT2D eigenvalue weighted by atomic mass is 31.2. The van der Waals surface area contributed by atoms with Gasteiger partial charge in [0.25, 0.3) is 0 Å². The van der Waals surface area contributed by atoms with Gasteiger partial charge < -0.3 is 9.79 Å². The average molecular weight is 262 g/mol. The molecule has 0 saturated carbocycles. The van der Waals surface area contributed by atoms with Crippen LogP contribution in [-0.4, -0.2) is 14.9 Å². The molecule has 4 heteroatoms. The molecule has 0 aromatic carbocycles. The predicted octanol–water partition coefficient (Wildman–Crippen LogP) is 4.25. The van der Waals surface area contributed by atoms with Gasteiger partial charge in [0.15, 0.2) is 0 Å². The monoisotopic (exact) mass is 262 g/mol. The van der Waals surface area contributed by atoms with Crippen molar-refractivity contribution in [3.05, 3.63) is 11.6 Å². The molecule has 0 aromatic rings. The maximum absolute atomic E-state index is 11.9. The maximum Gasteiger partial charge on any atom is 0.335 e. The Balaban J connectivity index is 5.21. The number of hydrogen-bond donors (Lipinski definition) is 2. The fraction of sp³-hybridized carbons (Fsp3) is 0.846. The molecule has 0 radical (unpaired) electrons. The Kier molecular flexibility index (Phi) is 7.30. The molecule has 2 N–H and O–H groups in total. The fourth-order valence-electron chi connectivity index (χ4n) is 2.15. The summed E-state index contributed by atoms with van der Waals surface area (Å²) in [6, 6.07) is 0. The second-order valence-corrected chi connectivity index (χ2v) is 7.06. The van der Waals surface area contributed by atoms with E-state index in [2.05, 4.69) is 0 Å². The number of allylic oxidation sites excluding steroid dienone is 2. The van der Waals surface area contributed by atoms with Crippen LogP contribution in [0.15, 0.2) is 11.6 Å². The first kappa shape index (κ1) is 16.9. The summed E-state index contributed by atoms with van der Waals surface area (Å²) in [4.78, 5) is 19.4. The zero-order chi connectivity index (χ0) is 13.5. The minimum absolute atomic E-state index is 0.582. The van der Waals surface area contributed by atoms with Crippen molar-refractivity contribution in [2.24, 2.45) is 0 Å². The van der Waals surface area contributed by atoms with Crippen LogP contribution in [0.2, 0.25) is 0 Å². The minimum Gasteiger partial charge on any atom is -0.324 e. The quantitative estimate of drug-likeness (QED) is 0.508. The van der Waals surface area contributed by atoms with Crippen LogP contribution in [0.5, 0.6) is 0 Å². The highest BCUT2D eigenvalue weighted by Gasteiger charge is 2.43. The van der Waals surface area contributed by atoms with Crippen LogP contribution in [0.1, 0.15) is 66.2 Å². The van der Waals surface area contributed by atoms with Gasteiger partial charge in [0.2, 0.25) is 0 Å². The van der Waals surface area contributed by atoms with Gasteiger partial charge in [-0.3, -0.25) is 4.57 Å². The van der Waals surface area contributed by atoms with E-state index in [1.165, 1.54) is 0 Å². The van der Waals surface area contributed by atoms with E-state index < -0.39 is 12.8 Å². The molecule has 0 saturated heterocycles. The molecule has 0 aliphatic rings. The molecule has 0 amide bonds. The van der Waals surface area contributed by atoms with Gasteiger partial charge in [0, 0.05) is 0 Å². The molecular weight excluding hydrogens is 235 g/mol. The van der Waals surface area contributed by atoms with Gasteiger partial charge in [-0.05, 0) is 26.7 Å². The first-order valence-corrected chi connectivity index (χ1v) is 8.12. The Morgan fingerprint density at radius 2 is 1.53 bits per heavy atom. The molecule has 0 aromatic heterocycles. The van der Waals surface area contributed by atoms with Gasteiger partial charge in [-0.25, -0.2) is 0 Å². The smallest absolute Gasteiger partial charge is 0.324 e. The molecule has 0 rings (SSSR count). The van der Waals surface area contributed by atoms with Crippen LogP contribution in [0.25, 0.3) is 0 Å². The topological polar surface area (TPSA) is 57.5 Å². The third-order valence-electron chi connectivity index (χ3n) is 3.06. The SMILES string of the molecule is CCCCC(C=C(C)C)(CCCC)P(=O)(O)O. The zero-order valence-electron chi connectivity index (χ0n) is 11.6. The van der Waals surface area contributed by atoms with Crippen LogP contribution in [0.3, 0.4) is 0 Å². The lowest BCUT2D eigenvalue weighted by molar-refractivity contribution is 0.322. The van der Waals surface area contributed by atoms with Gasteiger partial charge in [0.05, 0.1) is 5.16 Å². The molecular formula is C13H27O3P. The first-order valence-electron chi connectivity index (χ1n) is 6.50. The zero-order valence-corrected chi connectivity index (χ0v) is 12.5. The van der Waals surface area contributed by atoms with Crippen molar-refractivity contribution in [2.45, 2.75) is 71.4 Å². The molecule has 0 unspecified atom stereocenters. The van der Waals surface area contributed by atoms with E-state index in [1.54, 1.807) is 6.08 Å². The lowest BCUT2D eigenvalue weighted by Gasteiger charge is -2.32. The van der Waals surface area contributed by atoms with Crippen LogP contribution in [0, 0.1) is 0 Å². The van der Waals surface area contributed by atoms with Crippen molar-refractivity contribution in [3.63, 3.8) is 0 Å². The third-order valence-corrected chi connectivity index (χ3v) is 4.80. The Hall–Kier alpha value is -0.110. The molecule has 0 fully saturated rings. The summed E-state index contributed by atoms with van der Waals surface area (Å²) >= 11 is 0. The molecule has 17 heavy (non-hydrogen) atoms. The molecule has 0 bridgehead atoms. The van der Waals surface area contributed by atoms with E-state index >= 15 is 0 Å². The predicted molar refractivity (Wildman–Crippen MR) is 73.3 cm³/mol. The van der Waals surface area contributed by atoms with E-state index in [1.807, 2.05) is 27.7 Å². The van der Waals surface area contributed by atoms with E-state index in [0.29, 0.717) is 12.8 Å². The van der Waals surface area contributed by atoms with Gasteiger partial charge in [-0.15, -0.1) is 0 Å². The van der Waals surface area contributed by atoms with E-state index in [0.717, 1.165) is 31.3 Å². The molecule has 0 atom stereocenters. The minimum atomic E-state index is -4.10. The van der Waals surface area contributed by atoms with Gasteiger partial charge in [-0.2, -0.15) is 0 Å². The molecule has 102 valence electrons. The van der Waals surface area contributed by atoms with Crippen molar-refractivity contribution in [1.82, 2.24) is 0 Å². The molecule has 0 aliphatic heterocycles. The maximum atomic E-state index is 11.9. The lowest BCUT2D eigenvalue weighted by Crippen LogP contribution is -2.27. The highest BCUT2D eigenvalue weighted by molar-refractivity contribution is 7.53. The van der Waals surface area contributed by atoms with Gasteiger partial charge in [0.1, 0.15) is 0 Å². The third kappa shape index (κ3) is 5.37. The van der Waals surface area contributed by atoms with E-state index in [9.17, 15) is 14.4 Å². The van der Waals surface area contributed by atoms with E-state index in [4.69, 9.17) is 0 Å². The van der Waals surface area contributed by atoms with Gasteiger partial charge >= 0.3 is 7.60 Å². The second-order valence-electron chi connectivity index (χ2n) is 5.08. The summed E-state index contributed by atoms with van der Waals surface area (Å²) in [6.07, 6.45) is 6.61. The largest absolute Gasteiger partial charge is 0.335 e. The number of rotatable bonds is 8. The normalized spacial score (nSPS) is 12.6. The highest BCUT2D eigenvalue weighted by Crippen LogP contribution is 2.57. The second kappa shape index (κ2) is 7.35. The summed E-state index contributed by atoms with van der Waals surface area (Å²) in [7, 11) is -4.10. The Morgan fingerprint density at radius 3 is 1.76 bits per heavy atom. The van der Waals surface area contributed by atoms with Crippen molar-refractivity contribution in [2.75, 3.05) is 0 Å². The Labute approximate surface area is 105 Å².